The number of benzene rings is 1. The van der Waals surface area contributed by atoms with Crippen molar-refractivity contribution in [3.05, 3.63) is 58.6 Å². The largest absolute Gasteiger partial charge is 0.485 e. The van der Waals surface area contributed by atoms with Gasteiger partial charge in [-0.25, -0.2) is 4.98 Å². The molecule has 1 amide bonds. The van der Waals surface area contributed by atoms with E-state index in [1.165, 1.54) is 11.8 Å². The summed E-state index contributed by atoms with van der Waals surface area (Å²) >= 11 is 7.23. The summed E-state index contributed by atoms with van der Waals surface area (Å²) in [6.07, 6.45) is 1.56. The highest BCUT2D eigenvalue weighted by Crippen LogP contribution is 2.22. The first kappa shape index (κ1) is 20.2. The number of anilines is 1. The lowest BCUT2D eigenvalue weighted by Crippen LogP contribution is -2.15. The molecule has 2 aromatic heterocycles. The number of nitrogens with one attached hydrogen (secondary N) is 1. The quantitative estimate of drug-likeness (QED) is 0.465. The summed E-state index contributed by atoms with van der Waals surface area (Å²) in [4.78, 5) is 16.1. The SMILES string of the molecule is Cc1ccc(C)c(OCc2nnc(SCC(=O)Nc3cccnc3Cl)n2C)c1. The first-order valence-electron chi connectivity index (χ1n) is 8.55. The molecule has 0 aliphatic heterocycles. The van der Waals surface area contributed by atoms with Crippen LogP contribution in [0.15, 0.2) is 41.7 Å². The van der Waals surface area contributed by atoms with E-state index in [4.69, 9.17) is 16.3 Å². The lowest BCUT2D eigenvalue weighted by Gasteiger charge is -2.10. The number of amides is 1. The lowest BCUT2D eigenvalue weighted by molar-refractivity contribution is -0.113. The highest BCUT2D eigenvalue weighted by molar-refractivity contribution is 7.99. The van der Waals surface area contributed by atoms with Crippen LogP contribution < -0.4 is 10.1 Å². The van der Waals surface area contributed by atoms with E-state index in [0.29, 0.717) is 23.3 Å². The summed E-state index contributed by atoms with van der Waals surface area (Å²) in [5.74, 6) is 1.48. The fraction of sp³-hybridized carbons (Fsp3) is 0.263. The standard InChI is InChI=1S/C19H20ClN5O2S/c1-12-6-7-13(2)15(9-12)27-10-16-23-24-19(25(16)3)28-11-17(26)22-14-5-4-8-21-18(14)20/h4-9H,10-11H2,1-3H3,(H,22,26). The van der Waals surface area contributed by atoms with Gasteiger partial charge >= 0.3 is 0 Å². The molecule has 1 aromatic carbocycles. The van der Waals surface area contributed by atoms with Crippen molar-refractivity contribution < 1.29 is 9.53 Å². The molecule has 28 heavy (non-hydrogen) atoms. The van der Waals surface area contributed by atoms with Crippen LogP contribution in [0.3, 0.4) is 0 Å². The van der Waals surface area contributed by atoms with Crippen LogP contribution in [0, 0.1) is 13.8 Å². The Labute approximate surface area is 172 Å². The summed E-state index contributed by atoms with van der Waals surface area (Å²) in [5.41, 5.74) is 2.68. The van der Waals surface area contributed by atoms with Crippen LogP contribution in [0.25, 0.3) is 0 Å². The second-order valence-corrected chi connectivity index (χ2v) is 7.49. The molecule has 0 atom stereocenters. The Morgan fingerprint density at radius 2 is 2.11 bits per heavy atom. The predicted molar refractivity (Wildman–Crippen MR) is 110 cm³/mol. The first-order valence-corrected chi connectivity index (χ1v) is 9.92. The third-order valence-corrected chi connectivity index (χ3v) is 5.31. The molecular weight excluding hydrogens is 398 g/mol. The molecule has 146 valence electrons. The Bertz CT molecular complexity index is 992. The monoisotopic (exact) mass is 417 g/mol. The average Bonchev–Trinajstić information content (AvgIpc) is 3.02. The molecule has 3 aromatic rings. The Hall–Kier alpha value is -2.58. The molecule has 3 rings (SSSR count). The van der Waals surface area contributed by atoms with E-state index in [2.05, 4.69) is 20.5 Å². The third kappa shape index (κ3) is 5.02. The van der Waals surface area contributed by atoms with Crippen molar-refractivity contribution in [3.8, 4) is 5.75 Å². The minimum Gasteiger partial charge on any atom is -0.485 e. The van der Waals surface area contributed by atoms with Gasteiger partial charge in [0, 0.05) is 13.2 Å². The number of carbonyl (C=O) groups is 1. The molecule has 0 saturated heterocycles. The van der Waals surface area contributed by atoms with Crippen LogP contribution >= 0.6 is 23.4 Å². The normalized spacial score (nSPS) is 10.7. The van der Waals surface area contributed by atoms with E-state index in [0.717, 1.165) is 16.9 Å². The number of rotatable bonds is 7. The van der Waals surface area contributed by atoms with Crippen molar-refractivity contribution in [2.75, 3.05) is 11.1 Å². The zero-order valence-electron chi connectivity index (χ0n) is 15.8. The number of hydrogen-bond acceptors (Lipinski definition) is 6. The molecule has 0 bridgehead atoms. The molecule has 0 unspecified atom stereocenters. The first-order chi connectivity index (χ1) is 13.4. The third-order valence-electron chi connectivity index (χ3n) is 3.99. The number of carbonyl (C=O) groups excluding carboxylic acids is 1. The predicted octanol–water partition coefficient (Wildman–Crippen LogP) is 3.79. The van der Waals surface area contributed by atoms with Gasteiger partial charge in [0.2, 0.25) is 5.91 Å². The van der Waals surface area contributed by atoms with Gasteiger partial charge in [-0.2, -0.15) is 0 Å². The average molecular weight is 418 g/mol. The number of aryl methyl sites for hydroxylation is 2. The van der Waals surface area contributed by atoms with Gasteiger partial charge in [-0.15, -0.1) is 10.2 Å². The molecule has 0 spiro atoms. The van der Waals surface area contributed by atoms with E-state index >= 15 is 0 Å². The number of aromatic nitrogens is 4. The molecule has 0 aliphatic rings. The maximum atomic E-state index is 12.1. The molecule has 0 aliphatic carbocycles. The van der Waals surface area contributed by atoms with E-state index < -0.39 is 0 Å². The van der Waals surface area contributed by atoms with Crippen molar-refractivity contribution in [2.45, 2.75) is 25.6 Å². The topological polar surface area (TPSA) is 81.9 Å². The van der Waals surface area contributed by atoms with E-state index in [-0.39, 0.29) is 16.8 Å². The summed E-state index contributed by atoms with van der Waals surface area (Å²) in [5, 5.41) is 11.9. The van der Waals surface area contributed by atoms with Gasteiger partial charge in [-0.3, -0.25) is 4.79 Å². The van der Waals surface area contributed by atoms with Crippen LogP contribution in [0.1, 0.15) is 17.0 Å². The van der Waals surface area contributed by atoms with Gasteiger partial charge in [-0.05, 0) is 43.2 Å². The Morgan fingerprint density at radius 1 is 1.29 bits per heavy atom. The molecule has 7 nitrogen and oxygen atoms in total. The van der Waals surface area contributed by atoms with Crippen molar-refractivity contribution in [2.24, 2.45) is 7.05 Å². The molecular formula is C19H20ClN5O2S. The van der Waals surface area contributed by atoms with Gasteiger partial charge in [0.1, 0.15) is 12.4 Å². The van der Waals surface area contributed by atoms with Gasteiger partial charge < -0.3 is 14.6 Å². The maximum absolute atomic E-state index is 12.1. The number of thioether (sulfide) groups is 1. The van der Waals surface area contributed by atoms with Crippen LogP contribution in [0.2, 0.25) is 5.15 Å². The summed E-state index contributed by atoms with van der Waals surface area (Å²) in [6, 6.07) is 9.47. The Kier molecular flexibility index (Phi) is 6.53. The Morgan fingerprint density at radius 3 is 2.89 bits per heavy atom. The number of nitrogens with zero attached hydrogens (tertiary/aromatic N) is 4. The zero-order chi connectivity index (χ0) is 20.1. The number of hydrogen-bond donors (Lipinski definition) is 1. The molecule has 1 N–H and O–H groups in total. The summed E-state index contributed by atoms with van der Waals surface area (Å²) in [7, 11) is 1.85. The minimum absolute atomic E-state index is 0.176. The number of ether oxygens (including phenoxy) is 1. The van der Waals surface area contributed by atoms with Crippen LogP contribution in [-0.4, -0.2) is 31.4 Å². The molecule has 0 fully saturated rings. The van der Waals surface area contributed by atoms with E-state index in [1.54, 1.807) is 18.3 Å². The maximum Gasteiger partial charge on any atom is 0.234 e. The van der Waals surface area contributed by atoms with Gasteiger partial charge in [0.15, 0.2) is 16.1 Å². The van der Waals surface area contributed by atoms with Crippen LogP contribution in [-0.2, 0) is 18.4 Å². The van der Waals surface area contributed by atoms with Gasteiger partial charge in [0.05, 0.1) is 11.4 Å². The summed E-state index contributed by atoms with van der Waals surface area (Å²) < 4.78 is 7.70. The second-order valence-electron chi connectivity index (χ2n) is 6.19. The summed E-state index contributed by atoms with van der Waals surface area (Å²) in [6.45, 7) is 4.32. The smallest absolute Gasteiger partial charge is 0.234 e. The minimum atomic E-state index is -0.198. The Balaban J connectivity index is 1.56. The molecule has 2 heterocycles. The zero-order valence-corrected chi connectivity index (χ0v) is 17.3. The van der Waals surface area contributed by atoms with E-state index in [9.17, 15) is 4.79 Å². The fourth-order valence-corrected chi connectivity index (χ4v) is 3.29. The number of pyridine rings is 1. The van der Waals surface area contributed by atoms with Crippen molar-refractivity contribution in [1.29, 1.82) is 0 Å². The van der Waals surface area contributed by atoms with Gasteiger partial charge in [0.25, 0.3) is 0 Å². The van der Waals surface area contributed by atoms with Crippen molar-refractivity contribution in [3.63, 3.8) is 0 Å². The lowest BCUT2D eigenvalue weighted by atomic mass is 10.1. The van der Waals surface area contributed by atoms with Crippen LogP contribution in [0.4, 0.5) is 5.69 Å². The number of halogens is 1. The second kappa shape index (κ2) is 9.07. The van der Waals surface area contributed by atoms with Crippen molar-refractivity contribution >= 4 is 35.0 Å². The fourth-order valence-electron chi connectivity index (χ4n) is 2.40. The van der Waals surface area contributed by atoms with E-state index in [1.807, 2.05) is 43.7 Å². The van der Waals surface area contributed by atoms with Crippen molar-refractivity contribution in [1.82, 2.24) is 19.7 Å². The van der Waals surface area contributed by atoms with Crippen LogP contribution in [0.5, 0.6) is 5.75 Å². The molecule has 9 heteroatoms. The molecule has 0 radical (unpaired) electrons. The highest BCUT2D eigenvalue weighted by Gasteiger charge is 2.13. The molecule has 0 saturated carbocycles. The van der Waals surface area contributed by atoms with Gasteiger partial charge in [-0.1, -0.05) is 35.5 Å². The highest BCUT2D eigenvalue weighted by atomic mass is 35.5.